The van der Waals surface area contributed by atoms with Gasteiger partial charge in [0, 0.05) is 44.2 Å². The molecule has 0 saturated carbocycles. The molecule has 1 saturated heterocycles. The summed E-state index contributed by atoms with van der Waals surface area (Å²) >= 11 is 0. The molecular weight excluding hydrogens is 510 g/mol. The number of rotatable bonds is 11. The fourth-order valence-electron chi connectivity index (χ4n) is 5.80. The van der Waals surface area contributed by atoms with Gasteiger partial charge >= 0.3 is 5.97 Å². The first kappa shape index (κ1) is 28.2. The number of likely N-dealkylation sites (tertiary alicyclic amines) is 1. The van der Waals surface area contributed by atoms with Crippen LogP contribution in [0.15, 0.2) is 109 Å². The van der Waals surface area contributed by atoms with Crippen LogP contribution in [0, 0.1) is 0 Å². The molecule has 1 fully saturated rings. The second-order valence-electron chi connectivity index (χ2n) is 10.3. The third-order valence-electron chi connectivity index (χ3n) is 7.68. The van der Waals surface area contributed by atoms with E-state index in [1.807, 2.05) is 48.1 Å². The highest BCUT2D eigenvalue weighted by molar-refractivity contribution is 6.00. The molecule has 0 spiro atoms. The summed E-state index contributed by atoms with van der Waals surface area (Å²) in [5.41, 5.74) is 4.46. The van der Waals surface area contributed by atoms with Crippen LogP contribution in [0.2, 0.25) is 0 Å². The quantitative estimate of drug-likeness (QED) is 0.0959. The Balaban J connectivity index is 1.44. The maximum Gasteiger partial charge on any atom is 0.305 e. The second-order valence-corrected chi connectivity index (χ2v) is 10.3. The number of unbranched alkanes of at least 4 members (excludes halogenated alkanes) is 1. The Morgan fingerprint density at radius 1 is 0.878 bits per heavy atom. The van der Waals surface area contributed by atoms with Gasteiger partial charge in [-0.05, 0) is 48.6 Å². The predicted molar refractivity (Wildman–Crippen MR) is 161 cm³/mol. The number of aryl methyl sites for hydroxylation is 1. The number of hydrogen-bond donors (Lipinski definition) is 0. The Morgan fingerprint density at radius 3 is 2.02 bits per heavy atom. The first-order valence-corrected chi connectivity index (χ1v) is 14.5. The van der Waals surface area contributed by atoms with Gasteiger partial charge in [-0.25, -0.2) is 0 Å². The van der Waals surface area contributed by atoms with Gasteiger partial charge in [0.05, 0.1) is 17.8 Å². The Labute approximate surface area is 242 Å². The highest BCUT2D eigenvalue weighted by atomic mass is 16.5. The van der Waals surface area contributed by atoms with E-state index in [9.17, 15) is 9.59 Å². The van der Waals surface area contributed by atoms with E-state index in [0.29, 0.717) is 39.1 Å². The highest BCUT2D eigenvalue weighted by Crippen LogP contribution is 2.43. The molecule has 5 rings (SSSR count). The van der Waals surface area contributed by atoms with Gasteiger partial charge in [-0.3, -0.25) is 19.2 Å². The van der Waals surface area contributed by atoms with Crippen LogP contribution < -0.4 is 0 Å². The third kappa shape index (κ3) is 6.39. The monoisotopic (exact) mass is 547 g/mol. The Morgan fingerprint density at radius 2 is 1.46 bits per heavy atom. The molecule has 0 amide bonds. The smallest absolute Gasteiger partial charge is 0.305 e. The zero-order valence-corrected chi connectivity index (χ0v) is 23.6. The van der Waals surface area contributed by atoms with Gasteiger partial charge < -0.3 is 4.74 Å². The molecular formula is C35H37N3O3. The molecule has 3 aromatic carbocycles. The number of benzene rings is 3. The van der Waals surface area contributed by atoms with Crippen molar-refractivity contribution in [1.82, 2.24) is 14.7 Å². The number of ketones is 1. The van der Waals surface area contributed by atoms with Gasteiger partial charge in [-0.15, -0.1) is 0 Å². The molecule has 1 aromatic heterocycles. The lowest BCUT2D eigenvalue weighted by Crippen LogP contribution is -2.52. The van der Waals surface area contributed by atoms with E-state index in [1.165, 1.54) is 0 Å². The molecule has 41 heavy (non-hydrogen) atoms. The summed E-state index contributed by atoms with van der Waals surface area (Å²) in [6, 6.07) is 33.7. The average Bonchev–Trinajstić information content (AvgIpc) is 3.46. The van der Waals surface area contributed by atoms with Gasteiger partial charge in [0.25, 0.3) is 0 Å². The standard InChI is InChI=1S/C35H37N3O3/c1-2-41-34(40)20-12-13-23-38-25-21-32(36-38)26-28-27-37(24-22-33(28)39)35(29-14-6-3-7-15-29,30-16-8-4-9-17-30)31-18-10-5-11-19-31/h3-11,14-19,21,25-26H,2,12-13,20,22-24,27H2,1H3. The van der Waals surface area contributed by atoms with E-state index in [4.69, 9.17) is 9.84 Å². The summed E-state index contributed by atoms with van der Waals surface area (Å²) < 4.78 is 6.88. The number of carbonyl (C=O) groups excluding carboxylic acids is 2. The summed E-state index contributed by atoms with van der Waals surface area (Å²) in [6.07, 6.45) is 6.32. The number of aromatic nitrogens is 2. The maximum atomic E-state index is 13.2. The van der Waals surface area contributed by atoms with Crippen LogP contribution in [0.5, 0.6) is 0 Å². The molecule has 0 unspecified atom stereocenters. The molecule has 0 atom stereocenters. The van der Waals surface area contributed by atoms with Crippen LogP contribution in [-0.4, -0.2) is 46.1 Å². The summed E-state index contributed by atoms with van der Waals surface area (Å²) in [6.45, 7) is 4.09. The Kier molecular flexibility index (Phi) is 9.22. The number of Topliss-reactive ketones (excluding diaryl/α,β-unsaturated/α-hetero) is 1. The number of ether oxygens (including phenoxy) is 1. The van der Waals surface area contributed by atoms with E-state index in [-0.39, 0.29) is 11.8 Å². The molecule has 1 aliphatic rings. The van der Waals surface area contributed by atoms with E-state index in [1.54, 1.807) is 0 Å². The second kappa shape index (κ2) is 13.4. The van der Waals surface area contributed by atoms with Gasteiger partial charge in [0.15, 0.2) is 5.78 Å². The zero-order valence-electron chi connectivity index (χ0n) is 23.6. The molecule has 0 aliphatic carbocycles. The van der Waals surface area contributed by atoms with Crippen LogP contribution in [0.4, 0.5) is 0 Å². The van der Waals surface area contributed by atoms with E-state index in [2.05, 4.69) is 77.7 Å². The minimum Gasteiger partial charge on any atom is -0.466 e. The lowest BCUT2D eigenvalue weighted by atomic mass is 9.74. The van der Waals surface area contributed by atoms with Crippen LogP contribution in [0.1, 0.15) is 55.0 Å². The van der Waals surface area contributed by atoms with Gasteiger partial charge in [0.1, 0.15) is 0 Å². The molecule has 6 heteroatoms. The lowest BCUT2D eigenvalue weighted by molar-refractivity contribution is -0.143. The molecule has 0 N–H and O–H groups in total. The third-order valence-corrected chi connectivity index (χ3v) is 7.68. The number of nitrogens with zero attached hydrogens (tertiary/aromatic N) is 3. The van der Waals surface area contributed by atoms with Gasteiger partial charge in [-0.2, -0.15) is 5.10 Å². The molecule has 210 valence electrons. The molecule has 4 aromatic rings. The predicted octanol–water partition coefficient (Wildman–Crippen LogP) is 6.27. The van der Waals surface area contributed by atoms with E-state index in [0.717, 1.165) is 40.8 Å². The van der Waals surface area contributed by atoms with Gasteiger partial charge in [-0.1, -0.05) is 91.0 Å². The van der Waals surface area contributed by atoms with E-state index >= 15 is 0 Å². The normalized spacial score (nSPS) is 15.2. The minimum absolute atomic E-state index is 0.156. The first-order valence-electron chi connectivity index (χ1n) is 14.5. The fourth-order valence-corrected chi connectivity index (χ4v) is 5.80. The first-order chi connectivity index (χ1) is 20.1. The van der Waals surface area contributed by atoms with E-state index < -0.39 is 5.54 Å². The van der Waals surface area contributed by atoms with Crippen molar-refractivity contribution in [3.8, 4) is 0 Å². The summed E-state index contributed by atoms with van der Waals surface area (Å²) in [4.78, 5) is 27.3. The van der Waals surface area contributed by atoms with Gasteiger partial charge in [0.2, 0.25) is 0 Å². The molecule has 0 radical (unpaired) electrons. The summed E-state index contributed by atoms with van der Waals surface area (Å²) in [5, 5.41) is 4.71. The molecule has 0 bridgehead atoms. The number of esters is 1. The highest BCUT2D eigenvalue weighted by Gasteiger charge is 2.44. The zero-order chi connectivity index (χ0) is 28.5. The van der Waals surface area contributed by atoms with Crippen molar-refractivity contribution in [1.29, 1.82) is 0 Å². The van der Waals surface area contributed by atoms with Crippen LogP contribution in [0.25, 0.3) is 6.08 Å². The number of hydrogen-bond acceptors (Lipinski definition) is 5. The fraction of sp³-hybridized carbons (Fsp3) is 0.286. The number of carbonyl (C=O) groups is 2. The van der Waals surface area contributed by atoms with Crippen LogP contribution >= 0.6 is 0 Å². The minimum atomic E-state index is -0.568. The Hall–Kier alpha value is -4.29. The Bertz CT molecular complexity index is 1370. The van der Waals surface area contributed by atoms with Crippen molar-refractivity contribution >= 4 is 17.8 Å². The molecule has 6 nitrogen and oxygen atoms in total. The maximum absolute atomic E-state index is 13.2. The van der Waals surface area contributed by atoms with Crippen molar-refractivity contribution in [3.63, 3.8) is 0 Å². The summed E-state index contributed by atoms with van der Waals surface area (Å²) in [5.74, 6) is 0.00431. The number of piperidine rings is 1. The lowest BCUT2D eigenvalue weighted by Gasteiger charge is -2.47. The van der Waals surface area contributed by atoms with Crippen molar-refractivity contribution in [2.24, 2.45) is 0 Å². The van der Waals surface area contributed by atoms with Crippen molar-refractivity contribution < 1.29 is 14.3 Å². The topological polar surface area (TPSA) is 64.4 Å². The van der Waals surface area contributed by atoms with Crippen LogP contribution in [-0.2, 0) is 26.4 Å². The average molecular weight is 548 g/mol. The van der Waals surface area contributed by atoms with Crippen LogP contribution in [0.3, 0.4) is 0 Å². The van der Waals surface area contributed by atoms with Crippen molar-refractivity contribution in [2.45, 2.75) is 44.7 Å². The largest absolute Gasteiger partial charge is 0.466 e. The molecule has 2 heterocycles. The van der Waals surface area contributed by atoms with Crippen molar-refractivity contribution in [2.75, 3.05) is 19.7 Å². The van der Waals surface area contributed by atoms with Crippen molar-refractivity contribution in [3.05, 3.63) is 131 Å². The SMILES string of the molecule is CCOC(=O)CCCCn1ccc(C=C2CN(C(c3ccccc3)(c3ccccc3)c3ccccc3)CCC2=O)n1. The molecule has 1 aliphatic heterocycles. The summed E-state index contributed by atoms with van der Waals surface area (Å²) in [7, 11) is 0.